The zero-order valence-corrected chi connectivity index (χ0v) is 15.1. The van der Waals surface area contributed by atoms with Crippen molar-refractivity contribution < 1.29 is 4.79 Å². The highest BCUT2D eigenvalue weighted by Crippen LogP contribution is 2.14. The molecule has 0 aliphatic carbocycles. The van der Waals surface area contributed by atoms with Gasteiger partial charge in [-0.25, -0.2) is 0 Å². The highest BCUT2D eigenvalue weighted by atomic mass is 35.5. The summed E-state index contributed by atoms with van der Waals surface area (Å²) < 4.78 is 0. The standard InChI is InChI=1S/C17H25N3O.2ClH/c21-17(16-7-4-8-18-16)19-12-14-5-3-6-15(11-14)13-20-9-1-2-10-20;;/h3,5-6,11,16,18H,1-2,4,7-10,12-13H2,(H,19,21);2*1H. The Kier molecular flexibility index (Phi) is 8.92. The zero-order valence-electron chi connectivity index (χ0n) is 13.4. The van der Waals surface area contributed by atoms with E-state index in [9.17, 15) is 4.79 Å². The minimum absolute atomic E-state index is 0. The molecule has 1 aromatic carbocycles. The molecule has 2 saturated heterocycles. The van der Waals surface area contributed by atoms with Gasteiger partial charge in [0, 0.05) is 13.1 Å². The van der Waals surface area contributed by atoms with E-state index < -0.39 is 0 Å². The second-order valence-electron chi connectivity index (χ2n) is 6.17. The number of nitrogens with one attached hydrogen (secondary N) is 2. The Hall–Kier alpha value is -0.810. The molecule has 0 saturated carbocycles. The molecule has 2 fully saturated rings. The topological polar surface area (TPSA) is 44.4 Å². The van der Waals surface area contributed by atoms with E-state index in [1.165, 1.54) is 37.1 Å². The van der Waals surface area contributed by atoms with Gasteiger partial charge >= 0.3 is 0 Å². The molecule has 2 aliphatic heterocycles. The van der Waals surface area contributed by atoms with Crippen molar-refractivity contribution in [1.82, 2.24) is 15.5 Å². The van der Waals surface area contributed by atoms with Gasteiger partial charge in [-0.15, -0.1) is 24.8 Å². The fourth-order valence-corrected chi connectivity index (χ4v) is 3.26. The van der Waals surface area contributed by atoms with Crippen LogP contribution in [-0.4, -0.2) is 36.5 Å². The van der Waals surface area contributed by atoms with Gasteiger partial charge in [0.1, 0.15) is 0 Å². The van der Waals surface area contributed by atoms with Crippen molar-refractivity contribution >= 4 is 30.7 Å². The minimum atomic E-state index is 0. The van der Waals surface area contributed by atoms with Crippen LogP contribution in [0, 0.1) is 0 Å². The lowest BCUT2D eigenvalue weighted by atomic mass is 10.1. The predicted molar refractivity (Wildman–Crippen MR) is 98.3 cm³/mol. The van der Waals surface area contributed by atoms with Crippen LogP contribution in [0.2, 0.25) is 0 Å². The van der Waals surface area contributed by atoms with Crippen molar-refractivity contribution in [2.75, 3.05) is 19.6 Å². The molecule has 6 heteroatoms. The highest BCUT2D eigenvalue weighted by Gasteiger charge is 2.21. The number of carbonyl (C=O) groups is 1. The van der Waals surface area contributed by atoms with Gasteiger partial charge in [-0.1, -0.05) is 24.3 Å². The third kappa shape index (κ3) is 5.96. The van der Waals surface area contributed by atoms with Crippen molar-refractivity contribution in [3.05, 3.63) is 35.4 Å². The molecule has 3 rings (SSSR count). The smallest absolute Gasteiger partial charge is 0.237 e. The number of carbonyl (C=O) groups excluding carboxylic acids is 1. The van der Waals surface area contributed by atoms with E-state index in [1.807, 2.05) is 0 Å². The van der Waals surface area contributed by atoms with Crippen LogP contribution in [0.1, 0.15) is 36.8 Å². The summed E-state index contributed by atoms with van der Waals surface area (Å²) in [4.78, 5) is 14.5. The Morgan fingerprint density at radius 1 is 1.17 bits per heavy atom. The molecule has 1 atom stereocenters. The summed E-state index contributed by atoms with van der Waals surface area (Å²) in [5.74, 6) is 0.137. The normalized spacial score (nSPS) is 20.6. The molecule has 2 heterocycles. The van der Waals surface area contributed by atoms with Gasteiger partial charge in [0.2, 0.25) is 5.91 Å². The molecule has 1 amide bonds. The lowest BCUT2D eigenvalue weighted by Crippen LogP contribution is -2.40. The van der Waals surface area contributed by atoms with Gasteiger partial charge in [-0.05, 0) is 56.4 Å². The fourth-order valence-electron chi connectivity index (χ4n) is 3.26. The molecule has 130 valence electrons. The zero-order chi connectivity index (χ0) is 14.5. The van der Waals surface area contributed by atoms with Gasteiger partial charge < -0.3 is 10.6 Å². The van der Waals surface area contributed by atoms with Crippen LogP contribution in [0.3, 0.4) is 0 Å². The molecular weight excluding hydrogens is 333 g/mol. The first-order valence-electron chi connectivity index (χ1n) is 8.12. The number of hydrogen-bond acceptors (Lipinski definition) is 3. The average molecular weight is 360 g/mol. The van der Waals surface area contributed by atoms with E-state index >= 15 is 0 Å². The molecule has 0 radical (unpaired) electrons. The van der Waals surface area contributed by atoms with Gasteiger partial charge in [-0.2, -0.15) is 0 Å². The van der Waals surface area contributed by atoms with Crippen molar-refractivity contribution in [3.63, 3.8) is 0 Å². The number of hydrogen-bond donors (Lipinski definition) is 2. The highest BCUT2D eigenvalue weighted by molar-refractivity contribution is 5.85. The Morgan fingerprint density at radius 2 is 1.91 bits per heavy atom. The van der Waals surface area contributed by atoms with Gasteiger partial charge in [0.15, 0.2) is 0 Å². The van der Waals surface area contributed by atoms with Crippen LogP contribution in [0.25, 0.3) is 0 Å². The number of halogens is 2. The molecule has 2 N–H and O–H groups in total. The van der Waals surface area contributed by atoms with E-state index in [1.54, 1.807) is 0 Å². The summed E-state index contributed by atoms with van der Waals surface area (Å²) in [7, 11) is 0. The number of benzene rings is 1. The molecule has 0 bridgehead atoms. The second kappa shape index (κ2) is 10.1. The minimum Gasteiger partial charge on any atom is -0.351 e. The summed E-state index contributed by atoms with van der Waals surface area (Å²) in [5, 5.41) is 6.28. The maximum absolute atomic E-state index is 12.0. The maximum Gasteiger partial charge on any atom is 0.237 e. The lowest BCUT2D eigenvalue weighted by molar-refractivity contribution is -0.122. The molecule has 23 heavy (non-hydrogen) atoms. The Morgan fingerprint density at radius 3 is 2.61 bits per heavy atom. The van der Waals surface area contributed by atoms with Crippen LogP contribution in [0.15, 0.2) is 24.3 Å². The summed E-state index contributed by atoms with van der Waals surface area (Å²) in [6, 6.07) is 8.61. The van der Waals surface area contributed by atoms with Crippen LogP contribution in [0.5, 0.6) is 0 Å². The first-order chi connectivity index (χ1) is 10.3. The molecular formula is C17H27Cl2N3O. The van der Waals surface area contributed by atoms with Crippen molar-refractivity contribution in [2.24, 2.45) is 0 Å². The van der Waals surface area contributed by atoms with Crippen LogP contribution in [0.4, 0.5) is 0 Å². The van der Waals surface area contributed by atoms with E-state index in [0.29, 0.717) is 6.54 Å². The fraction of sp³-hybridized carbons (Fsp3) is 0.588. The third-order valence-electron chi connectivity index (χ3n) is 4.44. The van der Waals surface area contributed by atoms with Crippen molar-refractivity contribution in [1.29, 1.82) is 0 Å². The van der Waals surface area contributed by atoms with Crippen LogP contribution < -0.4 is 10.6 Å². The summed E-state index contributed by atoms with van der Waals surface area (Å²) in [6.45, 7) is 5.06. The van der Waals surface area contributed by atoms with E-state index in [2.05, 4.69) is 39.8 Å². The third-order valence-corrected chi connectivity index (χ3v) is 4.44. The maximum atomic E-state index is 12.0. The molecule has 1 unspecified atom stereocenters. The van der Waals surface area contributed by atoms with Crippen LogP contribution in [-0.2, 0) is 17.9 Å². The number of likely N-dealkylation sites (tertiary alicyclic amines) is 1. The molecule has 1 aromatic rings. The van der Waals surface area contributed by atoms with Crippen molar-refractivity contribution in [2.45, 2.75) is 44.8 Å². The average Bonchev–Trinajstić information content (AvgIpc) is 3.18. The quantitative estimate of drug-likeness (QED) is 0.848. The monoisotopic (exact) mass is 359 g/mol. The van der Waals surface area contributed by atoms with Gasteiger partial charge in [0.25, 0.3) is 0 Å². The van der Waals surface area contributed by atoms with Crippen LogP contribution >= 0.6 is 24.8 Å². The lowest BCUT2D eigenvalue weighted by Gasteiger charge is -2.15. The van der Waals surface area contributed by atoms with E-state index in [4.69, 9.17) is 0 Å². The SMILES string of the molecule is Cl.Cl.O=C(NCc1cccc(CN2CCCC2)c1)C1CCCN1. The molecule has 4 nitrogen and oxygen atoms in total. The Labute approximate surface area is 151 Å². The summed E-state index contributed by atoms with van der Waals surface area (Å²) in [5.41, 5.74) is 2.54. The summed E-state index contributed by atoms with van der Waals surface area (Å²) in [6.07, 6.45) is 4.71. The predicted octanol–water partition coefficient (Wildman–Crippen LogP) is 2.49. The van der Waals surface area contributed by atoms with E-state index in [-0.39, 0.29) is 36.8 Å². The summed E-state index contributed by atoms with van der Waals surface area (Å²) >= 11 is 0. The van der Waals surface area contributed by atoms with Crippen molar-refractivity contribution in [3.8, 4) is 0 Å². The Balaban J connectivity index is 0.00000132. The molecule has 0 aromatic heterocycles. The molecule has 2 aliphatic rings. The molecule has 0 spiro atoms. The van der Waals surface area contributed by atoms with E-state index in [0.717, 1.165) is 25.9 Å². The van der Waals surface area contributed by atoms with Gasteiger partial charge in [-0.3, -0.25) is 9.69 Å². The van der Waals surface area contributed by atoms with Gasteiger partial charge in [0.05, 0.1) is 6.04 Å². The number of nitrogens with zero attached hydrogens (tertiary/aromatic N) is 1. The first kappa shape index (κ1) is 20.2. The number of rotatable bonds is 5. The first-order valence-corrected chi connectivity index (χ1v) is 8.12. The Bertz CT molecular complexity index is 486. The second-order valence-corrected chi connectivity index (χ2v) is 6.17. The number of amides is 1. The largest absolute Gasteiger partial charge is 0.351 e.